The molecule has 0 saturated carbocycles. The molecule has 1 unspecified atom stereocenters. The first-order valence-electron chi connectivity index (χ1n) is 7.78. The Balaban J connectivity index is 0.00000225. The number of anilines is 1. The van der Waals surface area contributed by atoms with E-state index in [-0.39, 0.29) is 52.7 Å². The number of hydrogen-bond donors (Lipinski definition) is 3. The van der Waals surface area contributed by atoms with Crippen molar-refractivity contribution in [2.75, 3.05) is 11.5 Å². The quantitative estimate of drug-likeness (QED) is 0.439. The smallest absolute Gasteiger partial charge is 0.353 e. The van der Waals surface area contributed by atoms with E-state index in [4.69, 9.17) is 5.73 Å². The second kappa shape index (κ2) is 8.51. The fraction of sp³-hybridized carbons (Fsp3) is 0.267. The number of thiophene rings is 1. The second-order valence-corrected chi connectivity index (χ2v) is 8.94. The summed E-state index contributed by atoms with van der Waals surface area (Å²) in [4.78, 5) is 38.7. The molecule has 2 atom stereocenters. The molecule has 1 saturated heterocycles. The van der Waals surface area contributed by atoms with E-state index in [0.717, 1.165) is 16.2 Å². The van der Waals surface area contributed by atoms with Crippen LogP contribution in [0, 0.1) is 0 Å². The Kier molecular flexibility index (Phi) is 6.47. The van der Waals surface area contributed by atoms with E-state index in [1.165, 1.54) is 28.0 Å². The molecule has 0 aliphatic carbocycles. The first-order valence-corrected chi connectivity index (χ1v) is 10.5. The number of rotatable bonds is 5. The zero-order valence-electron chi connectivity index (χ0n) is 14.6. The van der Waals surface area contributed by atoms with Crippen molar-refractivity contribution in [1.29, 1.82) is 0 Å². The van der Waals surface area contributed by atoms with E-state index in [1.807, 2.05) is 17.5 Å². The standard InChI is InChI=1S/C15H13N5O4S3.Na/c16-15-19-18-11(27-15)7-5-26-13-9(12(22)20(13)10(7)14(23)24)17-8(21)4-6-2-1-3-25-6;/h1-3,9,13H,4-5H2,(H2,16,19)(H,17,21)(H,23,24);/t9?,13-;/m1./s1. The molecule has 0 spiro atoms. The molecule has 141 valence electrons. The molecule has 13 heteroatoms. The van der Waals surface area contributed by atoms with Gasteiger partial charge in [0.25, 0.3) is 5.91 Å². The van der Waals surface area contributed by atoms with Crippen LogP contribution in [0.4, 0.5) is 5.13 Å². The third kappa shape index (κ3) is 3.84. The molecule has 0 aromatic carbocycles. The molecule has 28 heavy (non-hydrogen) atoms. The van der Waals surface area contributed by atoms with Crippen molar-refractivity contribution < 1.29 is 19.5 Å². The van der Waals surface area contributed by atoms with Crippen molar-refractivity contribution in [3.8, 4) is 0 Å². The zero-order valence-corrected chi connectivity index (χ0v) is 19.1. The number of nitrogens with two attached hydrogens (primary N) is 1. The number of hydrogen-bond acceptors (Lipinski definition) is 9. The van der Waals surface area contributed by atoms with Gasteiger partial charge in [0.2, 0.25) is 11.0 Å². The van der Waals surface area contributed by atoms with Gasteiger partial charge in [0.15, 0.2) is 0 Å². The average molecular weight is 446 g/mol. The molecule has 2 aliphatic rings. The minimum absolute atomic E-state index is 0. The largest absolute Gasteiger partial charge is 0.477 e. The van der Waals surface area contributed by atoms with E-state index in [9.17, 15) is 19.5 Å². The van der Waals surface area contributed by atoms with Crippen LogP contribution in [-0.2, 0) is 20.8 Å². The van der Waals surface area contributed by atoms with Gasteiger partial charge in [0.05, 0.1) is 6.42 Å². The number of carbonyl (C=O) groups is 3. The zero-order chi connectivity index (χ0) is 19.1. The van der Waals surface area contributed by atoms with Gasteiger partial charge in [-0.15, -0.1) is 33.3 Å². The minimum atomic E-state index is -1.22. The predicted molar refractivity (Wildman–Crippen MR) is 108 cm³/mol. The molecule has 2 amide bonds. The summed E-state index contributed by atoms with van der Waals surface area (Å²) in [6.07, 6.45) is 0.190. The summed E-state index contributed by atoms with van der Waals surface area (Å²) in [6.45, 7) is 0. The van der Waals surface area contributed by atoms with E-state index in [2.05, 4.69) is 15.5 Å². The van der Waals surface area contributed by atoms with Crippen molar-refractivity contribution in [2.45, 2.75) is 17.8 Å². The Labute approximate surface area is 193 Å². The van der Waals surface area contributed by atoms with Gasteiger partial charge in [0, 0.05) is 45.8 Å². The van der Waals surface area contributed by atoms with Crippen molar-refractivity contribution in [2.24, 2.45) is 0 Å². The summed E-state index contributed by atoms with van der Waals surface area (Å²) in [5, 5.41) is 22.0. The molecule has 4 heterocycles. The van der Waals surface area contributed by atoms with Crippen LogP contribution in [0.15, 0.2) is 23.2 Å². The molecule has 4 N–H and O–H groups in total. The fourth-order valence-electron chi connectivity index (χ4n) is 2.94. The first kappa shape index (κ1) is 21.3. The normalized spacial score (nSPS) is 20.9. The van der Waals surface area contributed by atoms with Gasteiger partial charge in [-0.05, 0) is 11.4 Å². The Morgan fingerprint density at radius 3 is 2.79 bits per heavy atom. The second-order valence-electron chi connectivity index (χ2n) is 5.79. The Morgan fingerprint density at radius 2 is 2.18 bits per heavy atom. The Bertz CT molecular complexity index is 961. The Morgan fingerprint density at radius 1 is 1.39 bits per heavy atom. The van der Waals surface area contributed by atoms with Crippen LogP contribution >= 0.6 is 34.4 Å². The number of aromatic nitrogens is 2. The molecule has 2 aromatic heterocycles. The molecule has 2 aromatic rings. The van der Waals surface area contributed by atoms with E-state index < -0.39 is 23.3 Å². The Hall–Kier alpha value is -1.44. The number of fused-ring (bicyclic) bond motifs is 1. The maximum absolute atomic E-state index is 12.6. The van der Waals surface area contributed by atoms with E-state index in [0.29, 0.717) is 16.3 Å². The van der Waals surface area contributed by atoms with Crippen LogP contribution in [-0.4, -0.2) is 84.7 Å². The number of thioether (sulfide) groups is 1. The number of β-lactam (4-membered cyclic amide) rings is 1. The number of nitrogens with zero attached hydrogens (tertiary/aromatic N) is 3. The molecular weight excluding hydrogens is 433 g/mol. The van der Waals surface area contributed by atoms with Crippen LogP contribution in [0.2, 0.25) is 0 Å². The monoisotopic (exact) mass is 446 g/mol. The van der Waals surface area contributed by atoms with Gasteiger partial charge in [-0.25, -0.2) is 4.79 Å². The van der Waals surface area contributed by atoms with Gasteiger partial charge >= 0.3 is 5.97 Å². The SMILES string of the molecule is Nc1nnc(C2=C(C(=O)O)N3C(=O)C(NC(=O)Cc4cccs4)[C@H]3SC2)s1.[Na]. The number of carboxylic acids is 1. The molecule has 9 nitrogen and oxygen atoms in total. The van der Waals surface area contributed by atoms with Crippen molar-refractivity contribution >= 4 is 92.5 Å². The summed E-state index contributed by atoms with van der Waals surface area (Å²) >= 11 is 3.91. The van der Waals surface area contributed by atoms with Crippen LogP contribution in [0.5, 0.6) is 0 Å². The van der Waals surface area contributed by atoms with Crippen molar-refractivity contribution in [3.05, 3.63) is 33.1 Å². The van der Waals surface area contributed by atoms with Gasteiger partial charge in [-0.3, -0.25) is 14.5 Å². The van der Waals surface area contributed by atoms with Crippen LogP contribution in [0.25, 0.3) is 5.57 Å². The predicted octanol–water partition coefficient (Wildman–Crippen LogP) is 0.239. The van der Waals surface area contributed by atoms with Crippen LogP contribution < -0.4 is 11.1 Å². The molecular formula is C15H13N5NaO4S3. The molecule has 2 aliphatic heterocycles. The number of carboxylic acid groups (broad SMARTS) is 1. The van der Waals surface area contributed by atoms with Gasteiger partial charge in [-0.2, -0.15) is 0 Å². The number of nitrogen functional groups attached to an aromatic ring is 1. The summed E-state index contributed by atoms with van der Waals surface area (Å²) in [5.74, 6) is -1.60. The number of aliphatic carboxylic acids is 1. The average Bonchev–Trinajstić information content (AvgIpc) is 3.29. The summed E-state index contributed by atoms with van der Waals surface area (Å²) < 4.78 is 0. The third-order valence-electron chi connectivity index (χ3n) is 4.10. The number of carbonyl (C=O) groups excluding carboxylic acids is 2. The molecule has 4 rings (SSSR count). The van der Waals surface area contributed by atoms with Crippen LogP contribution in [0.3, 0.4) is 0 Å². The first-order chi connectivity index (χ1) is 13.0. The maximum atomic E-state index is 12.6. The van der Waals surface area contributed by atoms with Crippen molar-refractivity contribution in [1.82, 2.24) is 20.4 Å². The maximum Gasteiger partial charge on any atom is 0.353 e. The van der Waals surface area contributed by atoms with Crippen LogP contribution in [0.1, 0.15) is 9.88 Å². The topological polar surface area (TPSA) is 139 Å². The van der Waals surface area contributed by atoms with Gasteiger partial charge in [0.1, 0.15) is 22.1 Å². The summed E-state index contributed by atoms with van der Waals surface area (Å²) in [7, 11) is 0. The number of amides is 2. The minimum Gasteiger partial charge on any atom is -0.477 e. The van der Waals surface area contributed by atoms with Gasteiger partial charge < -0.3 is 16.2 Å². The third-order valence-corrected chi connectivity index (χ3v) is 7.07. The van der Waals surface area contributed by atoms with E-state index >= 15 is 0 Å². The summed E-state index contributed by atoms with van der Waals surface area (Å²) in [6, 6.07) is 2.96. The molecule has 1 fully saturated rings. The number of nitrogens with one attached hydrogen (secondary N) is 1. The molecule has 0 bridgehead atoms. The molecule has 1 radical (unpaired) electrons. The fourth-order valence-corrected chi connectivity index (χ4v) is 5.73. The van der Waals surface area contributed by atoms with Crippen molar-refractivity contribution in [3.63, 3.8) is 0 Å². The summed E-state index contributed by atoms with van der Waals surface area (Å²) in [5.41, 5.74) is 5.87. The van der Waals surface area contributed by atoms with E-state index in [1.54, 1.807) is 0 Å². The van der Waals surface area contributed by atoms with Gasteiger partial charge in [-0.1, -0.05) is 17.4 Å².